The van der Waals surface area contributed by atoms with E-state index in [1.807, 2.05) is 6.92 Å². The lowest BCUT2D eigenvalue weighted by Crippen LogP contribution is -2.34. The number of amides is 1. The molecule has 7 heteroatoms. The van der Waals surface area contributed by atoms with Crippen molar-refractivity contribution in [2.75, 3.05) is 37.5 Å². The summed E-state index contributed by atoms with van der Waals surface area (Å²) in [5.41, 5.74) is 1.63. The van der Waals surface area contributed by atoms with E-state index in [1.54, 1.807) is 38.6 Å². The Hall–Kier alpha value is -2.83. The average Bonchev–Trinajstić information content (AvgIpc) is 2.68. The lowest BCUT2D eigenvalue weighted by atomic mass is 10.00. The van der Waals surface area contributed by atoms with E-state index in [0.717, 1.165) is 31.8 Å². The minimum atomic E-state index is -0.280. The van der Waals surface area contributed by atoms with Gasteiger partial charge in [0.2, 0.25) is 5.95 Å². The molecule has 3 rings (SSSR count). The number of hydrogen-bond acceptors (Lipinski definition) is 6. The number of methoxy groups -OCH3 is 2. The summed E-state index contributed by atoms with van der Waals surface area (Å²) in [5, 5.41) is 2.86. The number of anilines is 2. The van der Waals surface area contributed by atoms with Gasteiger partial charge >= 0.3 is 0 Å². The molecule has 1 amide bonds. The second-order valence-corrected chi connectivity index (χ2v) is 6.86. The van der Waals surface area contributed by atoms with Gasteiger partial charge in [-0.1, -0.05) is 6.92 Å². The fraction of sp³-hybridized carbons (Fsp3) is 0.450. The van der Waals surface area contributed by atoms with Crippen LogP contribution in [0.25, 0.3) is 0 Å². The molecule has 0 saturated carbocycles. The van der Waals surface area contributed by atoms with Crippen molar-refractivity contribution in [3.8, 4) is 11.5 Å². The monoisotopic (exact) mass is 370 g/mol. The highest BCUT2D eigenvalue weighted by Gasteiger charge is 2.20. The maximum Gasteiger partial charge on any atom is 0.259 e. The maximum atomic E-state index is 12.7. The van der Waals surface area contributed by atoms with Crippen molar-refractivity contribution < 1.29 is 14.3 Å². The number of carbonyl (C=O) groups excluding carboxylic acids is 1. The van der Waals surface area contributed by atoms with Gasteiger partial charge in [0, 0.05) is 25.4 Å². The standard InChI is InChI=1S/C20H26N4O3/c1-13-7-9-24(10-8-13)20-21-12-16(14(2)22-20)19(25)23-17-11-15(26-3)5-6-18(17)27-4/h5-6,11-13H,7-10H2,1-4H3,(H,23,25). The van der Waals surface area contributed by atoms with Gasteiger partial charge in [-0.05, 0) is 37.8 Å². The molecule has 1 saturated heterocycles. The highest BCUT2D eigenvalue weighted by Crippen LogP contribution is 2.29. The predicted molar refractivity (Wildman–Crippen MR) is 105 cm³/mol. The first-order valence-electron chi connectivity index (χ1n) is 9.13. The van der Waals surface area contributed by atoms with Crippen LogP contribution >= 0.6 is 0 Å². The normalized spacial score (nSPS) is 14.7. The Labute approximate surface area is 159 Å². The Morgan fingerprint density at radius 1 is 1.22 bits per heavy atom. The van der Waals surface area contributed by atoms with E-state index in [0.29, 0.717) is 34.4 Å². The molecule has 1 aliphatic heterocycles. The van der Waals surface area contributed by atoms with Gasteiger partial charge in [0.15, 0.2) is 0 Å². The van der Waals surface area contributed by atoms with Gasteiger partial charge in [-0.15, -0.1) is 0 Å². The van der Waals surface area contributed by atoms with Crippen molar-refractivity contribution in [1.82, 2.24) is 9.97 Å². The molecule has 2 heterocycles. The van der Waals surface area contributed by atoms with E-state index in [9.17, 15) is 4.79 Å². The SMILES string of the molecule is COc1ccc(OC)c(NC(=O)c2cnc(N3CCC(C)CC3)nc2C)c1. The fourth-order valence-electron chi connectivity index (χ4n) is 3.14. The average molecular weight is 370 g/mol. The van der Waals surface area contributed by atoms with E-state index < -0.39 is 0 Å². The summed E-state index contributed by atoms with van der Waals surface area (Å²) >= 11 is 0. The first kappa shape index (κ1) is 18.9. The van der Waals surface area contributed by atoms with Crippen LogP contribution < -0.4 is 19.7 Å². The van der Waals surface area contributed by atoms with Gasteiger partial charge in [-0.25, -0.2) is 9.97 Å². The van der Waals surface area contributed by atoms with E-state index in [1.165, 1.54) is 0 Å². The lowest BCUT2D eigenvalue weighted by Gasteiger charge is -2.30. The number of piperidine rings is 1. The molecule has 1 fully saturated rings. The summed E-state index contributed by atoms with van der Waals surface area (Å²) in [5.74, 6) is 2.34. The van der Waals surface area contributed by atoms with E-state index in [2.05, 4.69) is 27.1 Å². The number of nitrogens with zero attached hydrogens (tertiary/aromatic N) is 3. The zero-order valence-corrected chi connectivity index (χ0v) is 16.3. The molecule has 0 spiro atoms. The molecule has 144 valence electrons. The minimum absolute atomic E-state index is 0.280. The van der Waals surface area contributed by atoms with Crippen LogP contribution in [0, 0.1) is 12.8 Å². The number of nitrogens with one attached hydrogen (secondary N) is 1. The number of benzene rings is 1. The molecule has 1 N–H and O–H groups in total. The first-order valence-corrected chi connectivity index (χ1v) is 9.13. The van der Waals surface area contributed by atoms with Crippen molar-refractivity contribution >= 4 is 17.5 Å². The molecular weight excluding hydrogens is 344 g/mol. The van der Waals surface area contributed by atoms with E-state index in [4.69, 9.17) is 9.47 Å². The number of carbonyl (C=O) groups is 1. The summed E-state index contributed by atoms with van der Waals surface area (Å²) in [7, 11) is 3.13. The molecule has 1 aromatic heterocycles. The summed E-state index contributed by atoms with van der Waals surface area (Å²) in [4.78, 5) is 23.9. The zero-order valence-electron chi connectivity index (χ0n) is 16.3. The highest BCUT2D eigenvalue weighted by atomic mass is 16.5. The lowest BCUT2D eigenvalue weighted by molar-refractivity contribution is 0.102. The molecule has 7 nitrogen and oxygen atoms in total. The minimum Gasteiger partial charge on any atom is -0.497 e. The van der Waals surface area contributed by atoms with Crippen LogP contribution in [-0.4, -0.2) is 43.2 Å². The van der Waals surface area contributed by atoms with Crippen LogP contribution in [0.15, 0.2) is 24.4 Å². The van der Waals surface area contributed by atoms with E-state index in [-0.39, 0.29) is 5.91 Å². The van der Waals surface area contributed by atoms with Crippen LogP contribution in [0.1, 0.15) is 35.8 Å². The number of hydrogen-bond donors (Lipinski definition) is 1. The summed E-state index contributed by atoms with van der Waals surface area (Å²) < 4.78 is 10.5. The predicted octanol–water partition coefficient (Wildman–Crippen LogP) is 3.29. The quantitative estimate of drug-likeness (QED) is 0.870. The Morgan fingerprint density at radius 2 is 1.96 bits per heavy atom. The summed E-state index contributed by atoms with van der Waals surface area (Å²) in [6, 6.07) is 5.24. The largest absolute Gasteiger partial charge is 0.497 e. The molecule has 1 aliphatic rings. The summed E-state index contributed by atoms with van der Waals surface area (Å²) in [6.07, 6.45) is 3.87. The van der Waals surface area contributed by atoms with Gasteiger partial charge in [0.05, 0.1) is 31.2 Å². The topological polar surface area (TPSA) is 76.6 Å². The van der Waals surface area contributed by atoms with Crippen LogP contribution in [-0.2, 0) is 0 Å². The second-order valence-electron chi connectivity index (χ2n) is 6.86. The molecule has 0 radical (unpaired) electrons. The fourth-order valence-corrected chi connectivity index (χ4v) is 3.14. The third-order valence-corrected chi connectivity index (χ3v) is 4.93. The molecule has 0 atom stereocenters. The van der Waals surface area contributed by atoms with Crippen molar-refractivity contribution in [3.63, 3.8) is 0 Å². The van der Waals surface area contributed by atoms with Crippen molar-refractivity contribution in [1.29, 1.82) is 0 Å². The Kier molecular flexibility index (Phi) is 5.78. The Balaban J connectivity index is 1.77. The van der Waals surface area contributed by atoms with E-state index >= 15 is 0 Å². The molecular formula is C20H26N4O3. The molecule has 2 aromatic rings. The molecule has 0 unspecified atom stereocenters. The van der Waals surface area contributed by atoms with Gasteiger partial charge in [-0.2, -0.15) is 0 Å². The van der Waals surface area contributed by atoms with Crippen LogP contribution in [0.3, 0.4) is 0 Å². The molecule has 1 aromatic carbocycles. The van der Waals surface area contributed by atoms with Crippen LogP contribution in [0.4, 0.5) is 11.6 Å². The van der Waals surface area contributed by atoms with Crippen molar-refractivity contribution in [2.45, 2.75) is 26.7 Å². The Bertz CT molecular complexity index is 817. The van der Waals surface area contributed by atoms with Gasteiger partial charge in [-0.3, -0.25) is 4.79 Å². The maximum absolute atomic E-state index is 12.7. The Morgan fingerprint density at radius 3 is 2.59 bits per heavy atom. The smallest absolute Gasteiger partial charge is 0.259 e. The van der Waals surface area contributed by atoms with Crippen molar-refractivity contribution in [3.05, 3.63) is 35.7 Å². The summed E-state index contributed by atoms with van der Waals surface area (Å²) in [6.45, 7) is 6.00. The molecule has 27 heavy (non-hydrogen) atoms. The third-order valence-electron chi connectivity index (χ3n) is 4.93. The highest BCUT2D eigenvalue weighted by molar-refractivity contribution is 6.05. The third kappa shape index (κ3) is 4.30. The first-order chi connectivity index (χ1) is 13.0. The number of aromatic nitrogens is 2. The molecule has 0 aliphatic carbocycles. The number of aryl methyl sites for hydroxylation is 1. The van der Waals surface area contributed by atoms with Gasteiger partial charge in [0.25, 0.3) is 5.91 Å². The zero-order chi connectivity index (χ0) is 19.4. The van der Waals surface area contributed by atoms with Crippen LogP contribution in [0.5, 0.6) is 11.5 Å². The molecule has 0 bridgehead atoms. The van der Waals surface area contributed by atoms with Gasteiger partial charge < -0.3 is 19.7 Å². The van der Waals surface area contributed by atoms with Crippen molar-refractivity contribution in [2.24, 2.45) is 5.92 Å². The van der Waals surface area contributed by atoms with Crippen LogP contribution in [0.2, 0.25) is 0 Å². The number of rotatable bonds is 5. The number of ether oxygens (including phenoxy) is 2. The van der Waals surface area contributed by atoms with Gasteiger partial charge in [0.1, 0.15) is 11.5 Å². The second kappa shape index (κ2) is 8.24.